The molecule has 14 rings (SSSR count). The second kappa shape index (κ2) is 40.5. The maximum atomic E-state index is 14.5. The number of phosphoric acid groups is 6. The Hall–Kier alpha value is -8.05. The van der Waals surface area contributed by atoms with E-state index in [0.29, 0.717) is 12.2 Å². The van der Waals surface area contributed by atoms with E-state index in [2.05, 4.69) is 57.5 Å². The van der Waals surface area contributed by atoms with Crippen LogP contribution in [0.3, 0.4) is 0 Å². The van der Waals surface area contributed by atoms with Gasteiger partial charge in [-0.2, -0.15) is 17.6 Å². The van der Waals surface area contributed by atoms with Gasteiger partial charge < -0.3 is 78.9 Å². The molecule has 0 bridgehead atoms. The van der Waals surface area contributed by atoms with Gasteiger partial charge in [0.05, 0.1) is 52.3 Å². The van der Waals surface area contributed by atoms with E-state index in [9.17, 15) is 105 Å². The number of aromatic nitrogens is 16. The molecule has 8 aromatic rings. The van der Waals surface area contributed by atoms with Crippen molar-refractivity contribution in [3.8, 4) is 0 Å². The third-order valence-corrected chi connectivity index (χ3v) is 27.4. The Morgan fingerprint density at radius 2 is 0.679 bits per heavy atom. The molecular weight excluding hydrogens is 1900 g/mol. The Bertz CT molecular complexity index is 6440. The molecule has 6 saturated heterocycles. The normalized spacial score (nSPS) is 28.3. The molecule has 65 heteroatoms. The number of nitrogens with one attached hydrogen (secondary N) is 5. The molecule has 0 amide bonds. The number of H-pyrrole nitrogens is 5. The first-order chi connectivity index (χ1) is 61.7. The number of unbranched alkanes of at least 4 members (excludes halogenated alkanes) is 3. The number of hydrogen-bond acceptors (Lipinski definition) is 41. The first-order valence-electron chi connectivity index (χ1n) is 39.8. The Balaban J connectivity index is 0.668. The maximum absolute atomic E-state index is 14.5. The summed E-state index contributed by atoms with van der Waals surface area (Å²) in [6.45, 7) is -0.280. The van der Waals surface area contributed by atoms with Crippen LogP contribution in [0.1, 0.15) is 124 Å². The van der Waals surface area contributed by atoms with Crippen LogP contribution in [-0.2, 0) is 110 Å². The van der Waals surface area contributed by atoms with E-state index in [0.717, 1.165) is 73.2 Å². The van der Waals surface area contributed by atoms with Crippen molar-refractivity contribution in [2.24, 2.45) is 0 Å². The quantitative estimate of drug-likeness (QED) is 0.0134. The van der Waals surface area contributed by atoms with Crippen LogP contribution in [0.15, 0.2) is 86.9 Å². The smallest absolute Gasteiger partial charge is 0.382 e. The highest BCUT2D eigenvalue weighted by Gasteiger charge is 2.52. The van der Waals surface area contributed by atoms with Crippen molar-refractivity contribution in [2.75, 3.05) is 63.5 Å². The monoisotopic (exact) mass is 1990 g/mol. The van der Waals surface area contributed by atoms with Gasteiger partial charge in [0.1, 0.15) is 122 Å². The molecule has 14 heterocycles. The lowest BCUT2D eigenvalue weighted by molar-refractivity contribution is -0.0687. The highest BCUT2D eigenvalue weighted by molar-refractivity contribution is 7.80. The zero-order valence-electron chi connectivity index (χ0n) is 69.0. The predicted molar refractivity (Wildman–Crippen MR) is 441 cm³/mol. The van der Waals surface area contributed by atoms with Crippen LogP contribution in [0.4, 0.5) is 11.8 Å². The second-order valence-electron chi connectivity index (χ2n) is 30.9. The summed E-state index contributed by atoms with van der Waals surface area (Å²) < 4.78 is 192. The van der Waals surface area contributed by atoms with Gasteiger partial charge in [0.15, 0.2) is 22.6 Å². The van der Waals surface area contributed by atoms with Crippen molar-refractivity contribution < 1.29 is 145 Å². The van der Waals surface area contributed by atoms with Crippen molar-refractivity contribution >= 4 is 93.7 Å². The summed E-state index contributed by atoms with van der Waals surface area (Å²) in [7, 11) is -33.3. The Morgan fingerprint density at radius 1 is 0.382 bits per heavy atom. The minimum atomic E-state index is -5.74. The standard InChI is InChI=1S/C66H90N18O40P6S/c1-30-17-79(63(90)75-57(30)85)46-11-34(119-125(94,95)96)41(114-46)22-108-127(99,100)124-39-16-51(84-29-72-53-56(84)73-62(68)74-61(53)89)118-45(39)26-112-130(105,106)123-38-14-49(82-20-33(4)60(88)78-66(82)93)117-44(38)25-111-129(103,104)122-37-13-48(81-19-32(3)59(87)77-65(81)92)116-43(37)24-110-128(101,102)121-36-12-47(80-18-31(2)58(86)76-64(80)91)115-42(36)23-109-126(97,98)120-35-15-50(83-28-71-52-54(67)69-27-70-55(52)83)113-40(35)21-107-9-7-5-6-8-10-131/h17-20,27-29,34-51,131H,5-16,21-26H2,1-4H3,(H,97,98)(H,99,100)(H,101,102)(H,103,104)(H,105,106)(H2,67,69,70)(H,75,85,90)(H,76,86,91)(H,77,87,92)(H,78,88,93)(H2,94,95,96)(H3,68,73,74,89)/t34-,35-,36-,37-,38-,39-,40+,41+,42+,43+,44+,45+,46+,47+,48+,49+,50+,51+/m0/s1. The first-order valence-corrected chi connectivity index (χ1v) is 49.5. The van der Waals surface area contributed by atoms with Gasteiger partial charge in [-0.05, 0) is 46.3 Å². The van der Waals surface area contributed by atoms with Gasteiger partial charge in [-0.15, -0.1) is 0 Å². The molecule has 0 radical (unpaired) electrons. The fourth-order valence-electron chi connectivity index (χ4n) is 15.1. The van der Waals surface area contributed by atoms with E-state index < -0.39 is 279 Å². The summed E-state index contributed by atoms with van der Waals surface area (Å²) in [6, 6.07) is 0. The summed E-state index contributed by atoms with van der Waals surface area (Å²) in [5.74, 6) is 0.346. The highest BCUT2D eigenvalue weighted by atomic mass is 32.1. The van der Waals surface area contributed by atoms with Crippen LogP contribution in [0.5, 0.6) is 0 Å². The number of ether oxygens (including phenoxy) is 7. The van der Waals surface area contributed by atoms with Gasteiger partial charge in [0.2, 0.25) is 5.95 Å². The molecule has 0 saturated carbocycles. The van der Waals surface area contributed by atoms with Gasteiger partial charge in [0.25, 0.3) is 27.8 Å². The fraction of sp³-hybridized carbons (Fsp3) is 0.606. The molecule has 23 atom stereocenters. The fourth-order valence-corrected chi connectivity index (χ4v) is 20.7. The van der Waals surface area contributed by atoms with Crippen molar-refractivity contribution in [3.63, 3.8) is 0 Å². The summed E-state index contributed by atoms with van der Waals surface area (Å²) >= 11 is 4.25. The number of imidazole rings is 2. The Labute approximate surface area is 738 Å². The summed E-state index contributed by atoms with van der Waals surface area (Å²) in [4.78, 5) is 224. The Morgan fingerprint density at radius 3 is 1.01 bits per heavy atom. The number of anilines is 2. The van der Waals surface area contributed by atoms with Gasteiger partial charge in [0, 0.05) is 92.2 Å². The molecular formula is C66H90N18O40P6S. The molecule has 8 aromatic heterocycles. The van der Waals surface area contributed by atoms with Crippen LogP contribution < -0.4 is 62.0 Å². The maximum Gasteiger partial charge on any atom is 0.472 e. The van der Waals surface area contributed by atoms with Gasteiger partial charge in [-0.3, -0.25) is 126 Å². The number of aromatic amines is 5. The molecule has 16 N–H and O–H groups in total. The number of thiol groups is 1. The molecule has 0 spiro atoms. The minimum absolute atomic E-state index is 0.00729. The molecule has 6 fully saturated rings. The van der Waals surface area contributed by atoms with E-state index >= 15 is 0 Å². The summed E-state index contributed by atoms with van der Waals surface area (Å²) in [5.41, 5.74) is 3.34. The minimum Gasteiger partial charge on any atom is -0.382 e. The third-order valence-electron chi connectivity index (χ3n) is 21.5. The van der Waals surface area contributed by atoms with Crippen LogP contribution in [-0.4, -0.2) is 237 Å². The van der Waals surface area contributed by atoms with Crippen LogP contribution in [0.2, 0.25) is 0 Å². The van der Waals surface area contributed by atoms with Crippen molar-refractivity contribution in [1.82, 2.24) is 77.2 Å². The van der Waals surface area contributed by atoms with E-state index in [-0.39, 0.29) is 70.0 Å². The number of hydrogen-bond donors (Lipinski definition) is 15. The lowest BCUT2D eigenvalue weighted by Gasteiger charge is -2.26. The van der Waals surface area contributed by atoms with Crippen molar-refractivity contribution in [1.29, 1.82) is 0 Å². The van der Waals surface area contributed by atoms with Crippen molar-refractivity contribution in [3.05, 3.63) is 160 Å². The van der Waals surface area contributed by atoms with Gasteiger partial charge in [-0.1, -0.05) is 12.8 Å². The molecule has 6 aliphatic rings. The zero-order chi connectivity index (χ0) is 94.3. The van der Waals surface area contributed by atoms with Crippen LogP contribution in [0, 0.1) is 27.7 Å². The number of phosphoric ester groups is 6. The SMILES string of the molecule is Cc1cn([C@H]2C[C@H](OP(=O)(O)O)[C@@H](COP(=O)(O)O[C@H]3C[C@H](n4cnc5c(=O)[nH]c(N)nc54)O[C@@H]3COP(=O)(O)O[C@H]3C[C@H](n4cc(C)c(=O)[nH]c4=O)O[C@@H]3COP(=O)(O)O[C@H]3C[C@H](n4cc(C)c(=O)[nH]c4=O)O[C@@H]3COP(=O)(O)O[C@H]3C[C@H](n4cc(C)c(=O)[nH]c4=O)O[C@@H]3COP(=O)(O)O[C@H]3C[C@H](n4cnc5c(N)ncnc54)O[C@@H]3COCCCCCCS)O2)c(=O)[nH]c1=O. The number of nitrogens with two attached hydrogens (primary N) is 2. The van der Waals surface area contributed by atoms with Crippen LogP contribution in [0.25, 0.3) is 22.3 Å². The van der Waals surface area contributed by atoms with Gasteiger partial charge >= 0.3 is 69.7 Å². The van der Waals surface area contributed by atoms with Crippen LogP contribution >= 0.6 is 59.6 Å². The lowest BCUT2D eigenvalue weighted by Crippen LogP contribution is -2.33. The number of rotatable bonds is 41. The first kappa shape index (κ1) is 98.9. The van der Waals surface area contributed by atoms with E-state index in [1.165, 1.54) is 44.9 Å². The summed E-state index contributed by atoms with van der Waals surface area (Å²) in [5, 5.41) is 0. The van der Waals surface area contributed by atoms with Gasteiger partial charge in [-0.25, -0.2) is 66.5 Å². The average molecular weight is 1990 g/mol. The largest absolute Gasteiger partial charge is 0.472 e. The Kier molecular flexibility index (Phi) is 30.6. The van der Waals surface area contributed by atoms with Crippen molar-refractivity contribution in [2.45, 2.75) is 203 Å². The van der Waals surface area contributed by atoms with E-state index in [1.54, 1.807) is 0 Å². The third kappa shape index (κ3) is 24.3. The predicted octanol–water partition coefficient (Wildman–Crippen LogP) is -0.221. The number of fused-ring (bicyclic) bond motifs is 2. The summed E-state index contributed by atoms with van der Waals surface area (Å²) in [6.07, 6.45) is -20.8. The molecule has 720 valence electrons. The molecule has 58 nitrogen and oxygen atoms in total. The molecule has 131 heavy (non-hydrogen) atoms. The number of nitrogens with zero attached hydrogens (tertiary/aromatic N) is 11. The van der Waals surface area contributed by atoms with E-state index in [1.807, 2.05) is 4.98 Å². The molecule has 5 unspecified atom stereocenters. The average Bonchev–Trinajstić information content (AvgIpc) is 1.63. The second-order valence-corrected chi connectivity index (χ2v) is 39.5. The zero-order valence-corrected chi connectivity index (χ0v) is 75.2. The molecule has 6 aliphatic heterocycles. The lowest BCUT2D eigenvalue weighted by atomic mass is 10.2. The topological polar surface area (TPSA) is 789 Å². The van der Waals surface area contributed by atoms with E-state index in [4.69, 9.17) is 94.4 Å². The molecule has 0 aliphatic carbocycles. The molecule has 0 aromatic carbocycles. The number of aryl methyl sites for hydroxylation is 4. The number of nitrogen functional groups attached to an aromatic ring is 2. The highest BCUT2D eigenvalue weighted by Crippen LogP contribution is 2.57.